The zero-order chi connectivity index (χ0) is 9.72. The summed E-state index contributed by atoms with van der Waals surface area (Å²) in [6.07, 6.45) is 2.16. The van der Waals surface area contributed by atoms with E-state index < -0.39 is 0 Å². The Labute approximate surface area is 76.6 Å². The van der Waals surface area contributed by atoms with Gasteiger partial charge >= 0.3 is 0 Å². The molecule has 0 saturated carbocycles. The van der Waals surface area contributed by atoms with Crippen LogP contribution in [0.15, 0.2) is 0 Å². The van der Waals surface area contributed by atoms with Crippen molar-refractivity contribution in [2.24, 2.45) is 17.8 Å². The number of carbonyl (C=O) groups is 1. The molecular weight excluding hydrogens is 148 g/mol. The predicted octanol–water partition coefficient (Wildman–Crippen LogP) is 3.28. The highest BCUT2D eigenvalue weighted by Gasteiger charge is 2.22. The molecule has 0 amide bonds. The molecule has 0 radical (unpaired) electrons. The van der Waals surface area contributed by atoms with Crippen LogP contribution in [0.25, 0.3) is 0 Å². The molecule has 0 aromatic rings. The molecule has 0 unspecified atom stereocenters. The second-order valence-electron chi connectivity index (χ2n) is 4.20. The highest BCUT2D eigenvalue weighted by molar-refractivity contribution is 5.82. The van der Waals surface area contributed by atoms with Crippen molar-refractivity contribution in [1.29, 1.82) is 0 Å². The van der Waals surface area contributed by atoms with Crippen LogP contribution in [0.5, 0.6) is 0 Å². The number of ketones is 1. The molecule has 0 heterocycles. The average Bonchev–Trinajstić information content (AvgIpc) is 1.98. The summed E-state index contributed by atoms with van der Waals surface area (Å²) >= 11 is 0. The van der Waals surface area contributed by atoms with Gasteiger partial charge in [-0.3, -0.25) is 4.79 Å². The zero-order valence-corrected chi connectivity index (χ0v) is 9.05. The van der Waals surface area contributed by atoms with Crippen molar-refractivity contribution < 1.29 is 4.79 Å². The minimum atomic E-state index is 0.198. The lowest BCUT2D eigenvalue weighted by atomic mass is 9.83. The Morgan fingerprint density at radius 1 is 1.17 bits per heavy atom. The minimum absolute atomic E-state index is 0.198. The predicted molar refractivity (Wildman–Crippen MR) is 53.1 cm³/mol. The Morgan fingerprint density at radius 3 is 1.92 bits per heavy atom. The number of carbonyl (C=O) groups excluding carboxylic acids is 1. The number of Topliss-reactive ketones (excluding diaryl/α,β-unsaturated/α-hetero) is 1. The van der Waals surface area contributed by atoms with Crippen molar-refractivity contribution in [1.82, 2.24) is 0 Å². The van der Waals surface area contributed by atoms with E-state index >= 15 is 0 Å². The molecule has 0 N–H and O–H groups in total. The fraction of sp³-hybridized carbons (Fsp3) is 0.909. The molecule has 1 atom stereocenters. The maximum Gasteiger partial charge on any atom is 0.138 e. The van der Waals surface area contributed by atoms with Gasteiger partial charge in [0.15, 0.2) is 0 Å². The average molecular weight is 170 g/mol. The van der Waals surface area contributed by atoms with E-state index in [1.54, 1.807) is 0 Å². The molecule has 1 heteroatoms. The van der Waals surface area contributed by atoms with Crippen LogP contribution in [-0.2, 0) is 4.79 Å². The molecule has 0 fully saturated rings. The normalized spacial score (nSPS) is 13.9. The van der Waals surface area contributed by atoms with Gasteiger partial charge in [-0.25, -0.2) is 0 Å². The lowest BCUT2D eigenvalue weighted by Gasteiger charge is -2.20. The van der Waals surface area contributed by atoms with E-state index in [1.807, 2.05) is 13.8 Å². The molecule has 0 rings (SSSR count). The Kier molecular flexibility index (Phi) is 5.19. The maximum atomic E-state index is 11.7. The van der Waals surface area contributed by atoms with Gasteiger partial charge in [0.1, 0.15) is 5.78 Å². The molecule has 0 aliphatic rings. The van der Waals surface area contributed by atoms with Crippen molar-refractivity contribution >= 4 is 5.78 Å². The van der Waals surface area contributed by atoms with E-state index in [9.17, 15) is 4.79 Å². The lowest BCUT2D eigenvalue weighted by Crippen LogP contribution is -2.24. The van der Waals surface area contributed by atoms with Crippen LogP contribution in [0.4, 0.5) is 0 Å². The van der Waals surface area contributed by atoms with Gasteiger partial charge in [-0.1, -0.05) is 41.0 Å². The molecule has 0 aliphatic heterocycles. The van der Waals surface area contributed by atoms with Crippen LogP contribution in [0.1, 0.15) is 47.5 Å². The fourth-order valence-corrected chi connectivity index (χ4v) is 1.54. The van der Waals surface area contributed by atoms with Crippen LogP contribution in [-0.4, -0.2) is 5.78 Å². The lowest BCUT2D eigenvalue weighted by molar-refractivity contribution is -0.127. The van der Waals surface area contributed by atoms with E-state index in [1.165, 1.54) is 0 Å². The third-order valence-electron chi connectivity index (χ3n) is 2.34. The van der Waals surface area contributed by atoms with Gasteiger partial charge in [0, 0.05) is 11.8 Å². The molecule has 12 heavy (non-hydrogen) atoms. The first-order valence-corrected chi connectivity index (χ1v) is 5.04. The topological polar surface area (TPSA) is 17.1 Å². The molecular formula is C11H22O. The Bertz CT molecular complexity index is 136. The second kappa shape index (κ2) is 5.34. The molecule has 0 aromatic heterocycles. The van der Waals surface area contributed by atoms with Crippen molar-refractivity contribution in [2.75, 3.05) is 0 Å². The van der Waals surface area contributed by atoms with E-state index in [2.05, 4.69) is 20.8 Å². The van der Waals surface area contributed by atoms with Crippen LogP contribution in [0.3, 0.4) is 0 Å². The van der Waals surface area contributed by atoms with Gasteiger partial charge in [0.25, 0.3) is 0 Å². The smallest absolute Gasteiger partial charge is 0.138 e. The van der Waals surface area contributed by atoms with E-state index in [4.69, 9.17) is 0 Å². The third kappa shape index (κ3) is 3.38. The van der Waals surface area contributed by atoms with E-state index in [-0.39, 0.29) is 11.8 Å². The van der Waals surface area contributed by atoms with Crippen molar-refractivity contribution in [2.45, 2.75) is 47.5 Å². The number of rotatable bonds is 5. The third-order valence-corrected chi connectivity index (χ3v) is 2.34. The van der Waals surface area contributed by atoms with E-state index in [0.717, 1.165) is 12.8 Å². The first-order chi connectivity index (χ1) is 5.50. The van der Waals surface area contributed by atoms with Gasteiger partial charge < -0.3 is 0 Å². The first-order valence-electron chi connectivity index (χ1n) is 5.04. The Hall–Kier alpha value is -0.330. The van der Waals surface area contributed by atoms with Crippen molar-refractivity contribution in [3.8, 4) is 0 Å². The summed E-state index contributed by atoms with van der Waals surface area (Å²) in [6, 6.07) is 0. The second-order valence-corrected chi connectivity index (χ2v) is 4.20. The van der Waals surface area contributed by atoms with Crippen LogP contribution < -0.4 is 0 Å². The van der Waals surface area contributed by atoms with Gasteiger partial charge in [0.05, 0.1) is 0 Å². The highest BCUT2D eigenvalue weighted by atomic mass is 16.1. The van der Waals surface area contributed by atoms with Gasteiger partial charge in [-0.05, 0) is 12.3 Å². The summed E-state index contributed by atoms with van der Waals surface area (Å²) in [5.41, 5.74) is 0. The van der Waals surface area contributed by atoms with Gasteiger partial charge in [-0.2, -0.15) is 0 Å². The van der Waals surface area contributed by atoms with E-state index in [0.29, 0.717) is 11.7 Å². The quantitative estimate of drug-likeness (QED) is 0.619. The zero-order valence-electron chi connectivity index (χ0n) is 9.05. The highest BCUT2D eigenvalue weighted by Crippen LogP contribution is 2.21. The van der Waals surface area contributed by atoms with Gasteiger partial charge in [-0.15, -0.1) is 0 Å². The standard InChI is InChI=1S/C11H22O/c1-6-7-10(8(2)3)11(12)9(4)5/h8-10H,6-7H2,1-5H3/t10-/m0/s1. The Balaban J connectivity index is 4.19. The van der Waals surface area contributed by atoms with Crippen molar-refractivity contribution in [3.63, 3.8) is 0 Å². The fourth-order valence-electron chi connectivity index (χ4n) is 1.54. The maximum absolute atomic E-state index is 11.7. The summed E-state index contributed by atoms with van der Waals surface area (Å²) in [6.45, 7) is 10.4. The first kappa shape index (κ1) is 11.7. The monoisotopic (exact) mass is 170 g/mol. The van der Waals surface area contributed by atoms with Crippen LogP contribution in [0.2, 0.25) is 0 Å². The van der Waals surface area contributed by atoms with Crippen LogP contribution >= 0.6 is 0 Å². The van der Waals surface area contributed by atoms with Crippen LogP contribution in [0, 0.1) is 17.8 Å². The summed E-state index contributed by atoms with van der Waals surface area (Å²) in [4.78, 5) is 11.7. The Morgan fingerprint density at radius 2 is 1.67 bits per heavy atom. The number of hydrogen-bond acceptors (Lipinski definition) is 1. The molecule has 1 nitrogen and oxygen atoms in total. The van der Waals surface area contributed by atoms with Gasteiger partial charge in [0.2, 0.25) is 0 Å². The summed E-state index contributed by atoms with van der Waals surface area (Å²) in [5, 5.41) is 0. The summed E-state index contributed by atoms with van der Waals surface area (Å²) in [7, 11) is 0. The SMILES string of the molecule is CCC[C@H](C(=O)C(C)C)C(C)C. The molecule has 72 valence electrons. The molecule has 0 aliphatic carbocycles. The largest absolute Gasteiger partial charge is 0.299 e. The summed E-state index contributed by atoms with van der Waals surface area (Å²) < 4.78 is 0. The van der Waals surface area contributed by atoms with Crippen molar-refractivity contribution in [3.05, 3.63) is 0 Å². The summed E-state index contributed by atoms with van der Waals surface area (Å²) in [5.74, 6) is 1.42. The number of hydrogen-bond donors (Lipinski definition) is 0. The minimum Gasteiger partial charge on any atom is -0.299 e. The molecule has 0 spiro atoms. The molecule has 0 aromatic carbocycles. The molecule has 0 saturated heterocycles. The molecule has 0 bridgehead atoms.